The number of likely N-dealkylation sites (tertiary alicyclic amines) is 1. The smallest absolute Gasteiger partial charge is 0.407 e. The fourth-order valence-corrected chi connectivity index (χ4v) is 5.27. The van der Waals surface area contributed by atoms with Crippen LogP contribution in [0.15, 0.2) is 30.7 Å². The molecule has 0 radical (unpaired) electrons. The highest BCUT2D eigenvalue weighted by Crippen LogP contribution is 2.33. The molecule has 5 heterocycles. The number of benzene rings is 1. The van der Waals surface area contributed by atoms with Crippen molar-refractivity contribution in [3.8, 4) is 22.4 Å². The number of aromatic nitrogens is 6. The number of hydrogen-bond acceptors (Lipinski definition) is 8. The monoisotopic (exact) mass is 566 g/mol. The number of halogens is 1. The molecule has 0 bridgehead atoms. The van der Waals surface area contributed by atoms with Crippen LogP contribution in [0.25, 0.3) is 28.0 Å². The standard InChI is InChI=1S/C27H30FN9O4/c1-15-9-16(26(38)29-2)10-19(23(15)28)20-11-30-36-13-21(24(33-25(20)36)32-17-5-8-41-14-17)22-12-31-37(34-22)18-3-6-35(7-4-18)27(39)40/h9-13,17-18H,3-8,14H2,1-2H3,(H,29,38)(H,32,33)(H,39,40)/t17-/m0/s1/i2D3. The van der Waals surface area contributed by atoms with Gasteiger partial charge in [-0.15, -0.1) is 0 Å². The zero-order valence-corrected chi connectivity index (χ0v) is 22.2. The quantitative estimate of drug-likeness (QED) is 0.320. The number of ether oxygens (including phenoxy) is 1. The molecule has 1 atom stereocenters. The second-order valence-corrected chi connectivity index (χ2v) is 10.2. The van der Waals surface area contributed by atoms with Crippen molar-refractivity contribution in [2.45, 2.75) is 38.3 Å². The van der Waals surface area contributed by atoms with Gasteiger partial charge in [-0.3, -0.25) is 4.79 Å². The molecule has 2 amide bonds. The van der Waals surface area contributed by atoms with Crippen LogP contribution >= 0.6 is 0 Å². The van der Waals surface area contributed by atoms with E-state index in [-0.39, 0.29) is 28.8 Å². The number of carbonyl (C=O) groups excluding carboxylic acids is 1. The number of nitrogens with zero attached hydrogens (tertiary/aromatic N) is 7. The topological polar surface area (TPSA) is 152 Å². The SMILES string of the molecule is [2H]C([2H])([2H])NC(=O)c1cc(C)c(F)c(-c2cnn3cc(-c4cnn(C5CCN(C(=O)O)CC5)n4)c(N[C@H]4CCOC4)nc23)c1. The molecule has 2 aliphatic rings. The minimum atomic E-state index is -2.70. The number of carboxylic acid groups (broad SMARTS) is 1. The minimum absolute atomic E-state index is 0.0155. The van der Waals surface area contributed by atoms with Crippen LogP contribution in [-0.4, -0.2) is 90.9 Å². The highest BCUT2D eigenvalue weighted by atomic mass is 19.1. The van der Waals surface area contributed by atoms with E-state index in [1.54, 1.807) is 17.2 Å². The Hall–Kier alpha value is -4.59. The van der Waals surface area contributed by atoms with Crippen molar-refractivity contribution in [2.24, 2.45) is 0 Å². The third-order valence-corrected chi connectivity index (χ3v) is 7.53. The van der Waals surface area contributed by atoms with Crippen molar-refractivity contribution in [2.75, 3.05) is 38.6 Å². The molecular weight excluding hydrogens is 533 g/mol. The zero-order valence-electron chi connectivity index (χ0n) is 25.2. The molecule has 3 N–H and O–H groups in total. The number of anilines is 1. The summed E-state index contributed by atoms with van der Waals surface area (Å²) >= 11 is 0. The Morgan fingerprint density at radius 3 is 2.71 bits per heavy atom. The highest BCUT2D eigenvalue weighted by Gasteiger charge is 2.27. The number of nitrogens with one attached hydrogen (secondary N) is 2. The molecule has 13 nitrogen and oxygen atoms in total. The van der Waals surface area contributed by atoms with Crippen LogP contribution < -0.4 is 10.6 Å². The first kappa shape index (κ1) is 23.1. The van der Waals surface area contributed by atoms with E-state index in [9.17, 15) is 14.7 Å². The van der Waals surface area contributed by atoms with Gasteiger partial charge in [0, 0.05) is 53.7 Å². The van der Waals surface area contributed by atoms with Gasteiger partial charge >= 0.3 is 6.09 Å². The summed E-state index contributed by atoms with van der Waals surface area (Å²) in [7, 11) is 0. The lowest BCUT2D eigenvalue weighted by atomic mass is 10.0. The second kappa shape index (κ2) is 10.8. The molecule has 14 heteroatoms. The van der Waals surface area contributed by atoms with Crippen LogP contribution in [0, 0.1) is 12.7 Å². The van der Waals surface area contributed by atoms with Crippen molar-refractivity contribution >= 4 is 23.5 Å². The Labute approximate surface area is 238 Å². The molecule has 6 rings (SSSR count). The van der Waals surface area contributed by atoms with Crippen molar-refractivity contribution in [3.63, 3.8) is 0 Å². The molecule has 3 aromatic heterocycles. The van der Waals surface area contributed by atoms with Gasteiger partial charge in [-0.1, -0.05) is 0 Å². The second-order valence-electron chi connectivity index (χ2n) is 10.2. The fourth-order valence-electron chi connectivity index (χ4n) is 5.27. The van der Waals surface area contributed by atoms with E-state index < -0.39 is 24.8 Å². The Balaban J connectivity index is 1.38. The van der Waals surface area contributed by atoms with E-state index in [0.717, 1.165) is 6.42 Å². The number of carbonyl (C=O) groups is 2. The average molecular weight is 567 g/mol. The van der Waals surface area contributed by atoms with Gasteiger partial charge in [-0.25, -0.2) is 18.7 Å². The summed E-state index contributed by atoms with van der Waals surface area (Å²) in [6.45, 7) is 0.637. The van der Waals surface area contributed by atoms with E-state index in [2.05, 4.69) is 15.5 Å². The molecule has 4 aromatic rings. The van der Waals surface area contributed by atoms with Gasteiger partial charge in [0.15, 0.2) is 5.65 Å². The molecule has 214 valence electrons. The molecule has 0 saturated carbocycles. The zero-order chi connectivity index (χ0) is 31.2. The molecule has 0 aliphatic carbocycles. The summed E-state index contributed by atoms with van der Waals surface area (Å²) in [5, 5.41) is 28.2. The van der Waals surface area contributed by atoms with Crippen molar-refractivity contribution < 1.29 is 27.9 Å². The van der Waals surface area contributed by atoms with Crippen LogP contribution in [0.2, 0.25) is 0 Å². The van der Waals surface area contributed by atoms with Crippen LogP contribution in [0.3, 0.4) is 0 Å². The number of hydrogen-bond donors (Lipinski definition) is 3. The molecule has 2 saturated heterocycles. The third-order valence-electron chi connectivity index (χ3n) is 7.53. The largest absolute Gasteiger partial charge is 0.465 e. The summed E-state index contributed by atoms with van der Waals surface area (Å²) in [6.07, 6.45) is 5.73. The lowest BCUT2D eigenvalue weighted by Crippen LogP contribution is -2.38. The fraction of sp³-hybridized carbons (Fsp3) is 0.407. The van der Waals surface area contributed by atoms with E-state index in [1.165, 1.54) is 34.7 Å². The highest BCUT2D eigenvalue weighted by molar-refractivity contribution is 5.96. The number of piperidine rings is 1. The van der Waals surface area contributed by atoms with E-state index in [0.29, 0.717) is 67.4 Å². The van der Waals surface area contributed by atoms with Gasteiger partial charge in [0.05, 0.1) is 36.6 Å². The first-order valence-electron chi connectivity index (χ1n) is 14.7. The van der Waals surface area contributed by atoms with Gasteiger partial charge in [0.25, 0.3) is 5.91 Å². The molecule has 0 spiro atoms. The number of aryl methyl sites for hydroxylation is 1. The normalized spacial score (nSPS) is 19.1. The number of amides is 2. The Kier molecular flexibility index (Phi) is 6.08. The minimum Gasteiger partial charge on any atom is -0.465 e. The predicted molar refractivity (Wildman–Crippen MR) is 146 cm³/mol. The van der Waals surface area contributed by atoms with Gasteiger partial charge in [-0.05, 0) is 43.9 Å². The lowest BCUT2D eigenvalue weighted by Gasteiger charge is -2.29. The molecule has 2 fully saturated rings. The van der Waals surface area contributed by atoms with E-state index in [1.807, 2.05) is 5.32 Å². The third kappa shape index (κ3) is 5.06. The van der Waals surface area contributed by atoms with Gasteiger partial charge in [0.2, 0.25) is 0 Å². The maximum absolute atomic E-state index is 15.5. The summed E-state index contributed by atoms with van der Waals surface area (Å²) in [5.74, 6) is -0.996. The molecule has 2 aliphatic heterocycles. The van der Waals surface area contributed by atoms with E-state index >= 15 is 4.39 Å². The molecule has 1 aromatic carbocycles. The first-order valence-corrected chi connectivity index (χ1v) is 13.2. The predicted octanol–water partition coefficient (Wildman–Crippen LogP) is 2.98. The van der Waals surface area contributed by atoms with Crippen LogP contribution in [-0.2, 0) is 4.74 Å². The first-order chi connectivity index (χ1) is 21.0. The summed E-state index contributed by atoms with van der Waals surface area (Å²) in [4.78, 5) is 31.7. The van der Waals surface area contributed by atoms with Crippen molar-refractivity contribution in [1.29, 1.82) is 0 Å². The summed E-state index contributed by atoms with van der Waals surface area (Å²) < 4.78 is 44.6. The number of fused-ring (bicyclic) bond motifs is 1. The Bertz CT molecular complexity index is 1730. The summed E-state index contributed by atoms with van der Waals surface area (Å²) in [6, 6.07) is 2.48. The van der Waals surface area contributed by atoms with E-state index in [4.69, 9.17) is 18.9 Å². The van der Waals surface area contributed by atoms with Gasteiger partial charge in [-0.2, -0.15) is 20.1 Å². The van der Waals surface area contributed by atoms with Gasteiger partial charge < -0.3 is 25.4 Å². The number of rotatable bonds is 6. The van der Waals surface area contributed by atoms with Crippen LogP contribution in [0.5, 0.6) is 0 Å². The maximum atomic E-state index is 15.5. The maximum Gasteiger partial charge on any atom is 0.407 e. The van der Waals surface area contributed by atoms with Gasteiger partial charge in [0.1, 0.15) is 17.3 Å². The van der Waals surface area contributed by atoms with Crippen molar-refractivity contribution in [1.82, 2.24) is 39.8 Å². The lowest BCUT2D eigenvalue weighted by molar-refractivity contribution is 0.0962. The molecule has 0 unspecified atom stereocenters. The summed E-state index contributed by atoms with van der Waals surface area (Å²) in [5.41, 5.74) is 1.90. The molecular formula is C27H30FN9O4. The Morgan fingerprint density at radius 2 is 1.98 bits per heavy atom. The molecule has 41 heavy (non-hydrogen) atoms. The Morgan fingerprint density at radius 1 is 1.15 bits per heavy atom. The van der Waals surface area contributed by atoms with Crippen molar-refractivity contribution in [3.05, 3.63) is 47.7 Å². The average Bonchev–Trinajstić information content (AvgIpc) is 3.75. The van der Waals surface area contributed by atoms with Crippen LogP contribution in [0.4, 0.5) is 15.0 Å². The van der Waals surface area contributed by atoms with Crippen LogP contribution in [0.1, 0.15) is 45.3 Å².